The molecule has 1 aliphatic heterocycles. The highest BCUT2D eigenvalue weighted by atomic mass is 16.7. The Morgan fingerprint density at radius 3 is 2.68 bits per heavy atom. The molecule has 1 aromatic rings. The van der Waals surface area contributed by atoms with Gasteiger partial charge in [0.1, 0.15) is 5.75 Å². The van der Waals surface area contributed by atoms with Crippen LogP contribution >= 0.6 is 0 Å². The first-order chi connectivity index (χ1) is 9.07. The Morgan fingerprint density at radius 2 is 2.05 bits per heavy atom. The summed E-state index contributed by atoms with van der Waals surface area (Å²) >= 11 is 0. The zero-order valence-electron chi connectivity index (χ0n) is 10.5. The molecule has 0 fully saturated rings. The van der Waals surface area contributed by atoms with Crippen molar-refractivity contribution < 1.29 is 24.2 Å². The monoisotopic (exact) mass is 263 g/mol. The topological polar surface area (TPSA) is 84.9 Å². The molecule has 100 valence electrons. The van der Waals surface area contributed by atoms with Gasteiger partial charge in [-0.05, 0) is 19.9 Å². The third-order valence-electron chi connectivity index (χ3n) is 2.83. The largest absolute Gasteiger partial charge is 0.507 e. The zero-order chi connectivity index (χ0) is 14.0. The van der Waals surface area contributed by atoms with Crippen LogP contribution in [0.3, 0.4) is 0 Å². The molecular formula is C13H13NO5. The lowest BCUT2D eigenvalue weighted by Crippen LogP contribution is -2.03. The normalized spacial score (nSPS) is 12.7. The molecule has 6 heteroatoms. The van der Waals surface area contributed by atoms with Gasteiger partial charge in [0.15, 0.2) is 17.3 Å². The van der Waals surface area contributed by atoms with Crippen molar-refractivity contribution in [1.29, 1.82) is 0 Å². The summed E-state index contributed by atoms with van der Waals surface area (Å²) in [5.74, 6) is 0.373. The Kier molecular flexibility index (Phi) is 3.41. The van der Waals surface area contributed by atoms with E-state index in [9.17, 15) is 14.7 Å². The number of ether oxygens (including phenoxy) is 2. The van der Waals surface area contributed by atoms with E-state index in [4.69, 9.17) is 9.47 Å². The Labute approximate surface area is 109 Å². The minimum atomic E-state index is -0.261. The van der Waals surface area contributed by atoms with Gasteiger partial charge in [-0.2, -0.15) is 0 Å². The van der Waals surface area contributed by atoms with E-state index in [0.717, 1.165) is 0 Å². The number of fused-ring (bicyclic) bond motifs is 1. The Hall–Kier alpha value is -2.50. The van der Waals surface area contributed by atoms with Crippen LogP contribution in [0.2, 0.25) is 0 Å². The van der Waals surface area contributed by atoms with Crippen molar-refractivity contribution in [2.45, 2.75) is 13.8 Å². The molecule has 19 heavy (non-hydrogen) atoms. The minimum absolute atomic E-state index is 0.00957. The van der Waals surface area contributed by atoms with Gasteiger partial charge in [-0.1, -0.05) is 0 Å². The van der Waals surface area contributed by atoms with Crippen LogP contribution in [-0.2, 0) is 4.79 Å². The van der Waals surface area contributed by atoms with Gasteiger partial charge in [-0.15, -0.1) is 0 Å². The van der Waals surface area contributed by atoms with Crippen molar-refractivity contribution in [3.63, 3.8) is 0 Å². The number of benzene rings is 1. The number of Topliss-reactive ketones (excluding diaryl/α,β-unsaturated/α-hetero) is 1. The molecule has 1 aliphatic rings. The van der Waals surface area contributed by atoms with Gasteiger partial charge in [0.05, 0.1) is 5.56 Å². The van der Waals surface area contributed by atoms with Gasteiger partial charge in [-0.3, -0.25) is 9.59 Å². The third-order valence-corrected chi connectivity index (χ3v) is 2.83. The number of aromatic hydroxyl groups is 1. The van der Waals surface area contributed by atoms with Crippen LogP contribution in [0.25, 0.3) is 6.08 Å². The number of carbonyl (C=O) groups excluding carboxylic acids is 2. The van der Waals surface area contributed by atoms with Gasteiger partial charge in [-0.25, -0.2) is 0 Å². The SMILES string of the molecule is CC(=O)c1c(/C=C/NC=O)c(O)c(C)c2c1OCO2. The highest BCUT2D eigenvalue weighted by Crippen LogP contribution is 2.46. The van der Waals surface area contributed by atoms with Gasteiger partial charge >= 0.3 is 0 Å². The molecule has 6 nitrogen and oxygen atoms in total. The number of nitrogens with one attached hydrogen (secondary N) is 1. The Morgan fingerprint density at radius 1 is 1.37 bits per heavy atom. The van der Waals surface area contributed by atoms with Crippen LogP contribution in [0, 0.1) is 6.92 Å². The molecule has 0 spiro atoms. The summed E-state index contributed by atoms with van der Waals surface area (Å²) in [7, 11) is 0. The molecule has 2 rings (SSSR count). The Bertz CT molecular complexity index is 577. The first-order valence-corrected chi connectivity index (χ1v) is 5.60. The van der Waals surface area contributed by atoms with Crippen LogP contribution < -0.4 is 14.8 Å². The number of ketones is 1. The van der Waals surface area contributed by atoms with Crippen LogP contribution in [0.15, 0.2) is 6.20 Å². The van der Waals surface area contributed by atoms with E-state index in [0.29, 0.717) is 29.0 Å². The summed E-state index contributed by atoms with van der Waals surface area (Å²) in [6, 6.07) is 0. The number of phenolic OH excluding ortho intramolecular Hbond substituents is 1. The number of carbonyl (C=O) groups is 2. The molecule has 1 amide bonds. The van der Waals surface area contributed by atoms with Crippen molar-refractivity contribution in [2.24, 2.45) is 0 Å². The predicted molar refractivity (Wildman–Crippen MR) is 67.2 cm³/mol. The highest BCUT2D eigenvalue weighted by molar-refractivity contribution is 6.03. The lowest BCUT2D eigenvalue weighted by molar-refractivity contribution is -0.108. The predicted octanol–water partition coefficient (Wildman–Crippen LogP) is 1.35. The lowest BCUT2D eigenvalue weighted by atomic mass is 9.97. The smallest absolute Gasteiger partial charge is 0.231 e. The molecule has 1 heterocycles. The van der Waals surface area contributed by atoms with Crippen LogP contribution in [0.1, 0.15) is 28.4 Å². The molecule has 0 aromatic heterocycles. The standard InChI is InChI=1S/C13H13NO5/c1-7-11(17)9(3-4-14-5-15)10(8(2)16)13-12(7)18-6-19-13/h3-5,17H,6H2,1-2H3,(H,14,15)/b4-3+. The van der Waals surface area contributed by atoms with Crippen molar-refractivity contribution >= 4 is 18.3 Å². The van der Waals surface area contributed by atoms with E-state index < -0.39 is 0 Å². The molecule has 0 saturated heterocycles. The summed E-state index contributed by atoms with van der Waals surface area (Å²) in [4.78, 5) is 22.0. The zero-order valence-corrected chi connectivity index (χ0v) is 10.5. The molecule has 0 bridgehead atoms. The number of hydrogen-bond acceptors (Lipinski definition) is 5. The van der Waals surface area contributed by atoms with E-state index >= 15 is 0 Å². The fourth-order valence-corrected chi connectivity index (χ4v) is 1.98. The van der Waals surface area contributed by atoms with Crippen molar-refractivity contribution in [1.82, 2.24) is 5.32 Å². The first-order valence-electron chi connectivity index (χ1n) is 5.60. The van der Waals surface area contributed by atoms with Crippen LogP contribution in [-0.4, -0.2) is 24.1 Å². The summed E-state index contributed by atoms with van der Waals surface area (Å²) in [5, 5.41) is 12.5. The average Bonchev–Trinajstić information content (AvgIpc) is 2.84. The molecule has 0 saturated carbocycles. The number of phenols is 1. The fourth-order valence-electron chi connectivity index (χ4n) is 1.98. The second-order valence-corrected chi connectivity index (χ2v) is 4.00. The van der Waals surface area contributed by atoms with Crippen molar-refractivity contribution in [2.75, 3.05) is 6.79 Å². The van der Waals surface area contributed by atoms with Gasteiger partial charge in [0.25, 0.3) is 0 Å². The van der Waals surface area contributed by atoms with Gasteiger partial charge < -0.3 is 19.9 Å². The summed E-state index contributed by atoms with van der Waals surface area (Å²) < 4.78 is 10.5. The van der Waals surface area contributed by atoms with Crippen LogP contribution in [0.5, 0.6) is 17.2 Å². The van der Waals surface area contributed by atoms with E-state index in [1.54, 1.807) is 6.92 Å². The third kappa shape index (κ3) is 2.12. The maximum Gasteiger partial charge on any atom is 0.231 e. The Balaban J connectivity index is 2.67. The summed E-state index contributed by atoms with van der Waals surface area (Å²) in [6.07, 6.45) is 3.26. The van der Waals surface area contributed by atoms with Gasteiger partial charge in [0.2, 0.25) is 13.2 Å². The fraction of sp³-hybridized carbons (Fsp3) is 0.231. The molecule has 2 N–H and O–H groups in total. The molecular weight excluding hydrogens is 250 g/mol. The second-order valence-electron chi connectivity index (χ2n) is 4.00. The number of hydrogen-bond donors (Lipinski definition) is 2. The van der Waals surface area contributed by atoms with Crippen molar-refractivity contribution in [3.05, 3.63) is 22.9 Å². The summed E-state index contributed by atoms with van der Waals surface area (Å²) in [5.41, 5.74) is 1.02. The maximum atomic E-state index is 11.8. The number of rotatable bonds is 4. The van der Waals surface area contributed by atoms with Gasteiger partial charge in [0, 0.05) is 17.3 Å². The molecule has 0 aliphatic carbocycles. The van der Waals surface area contributed by atoms with E-state index in [2.05, 4.69) is 5.32 Å². The molecule has 0 atom stereocenters. The van der Waals surface area contributed by atoms with E-state index in [1.807, 2.05) is 0 Å². The minimum Gasteiger partial charge on any atom is -0.507 e. The van der Waals surface area contributed by atoms with Crippen molar-refractivity contribution in [3.8, 4) is 17.2 Å². The summed E-state index contributed by atoms with van der Waals surface area (Å²) in [6.45, 7) is 3.05. The lowest BCUT2D eigenvalue weighted by Gasteiger charge is -2.12. The first kappa shape index (κ1) is 12.9. The van der Waals surface area contributed by atoms with Crippen LogP contribution in [0.4, 0.5) is 0 Å². The van der Waals surface area contributed by atoms with E-state index in [1.165, 1.54) is 19.2 Å². The second kappa shape index (κ2) is 5.01. The maximum absolute atomic E-state index is 11.8. The highest BCUT2D eigenvalue weighted by Gasteiger charge is 2.28. The average molecular weight is 263 g/mol. The quantitative estimate of drug-likeness (QED) is 0.632. The van der Waals surface area contributed by atoms with E-state index in [-0.39, 0.29) is 23.9 Å². The molecule has 1 aromatic carbocycles. The molecule has 0 radical (unpaired) electrons. The molecule has 0 unspecified atom stereocenters. The number of amides is 1.